The molecule has 5 nitrogen and oxygen atoms in total. The highest BCUT2D eigenvalue weighted by Crippen LogP contribution is 2.38. The van der Waals surface area contributed by atoms with E-state index in [-0.39, 0.29) is 16.3 Å². The molecule has 3 aromatic rings. The van der Waals surface area contributed by atoms with Crippen LogP contribution in [0, 0.1) is 0 Å². The minimum atomic E-state index is -3.22. The number of piperazine rings is 1. The van der Waals surface area contributed by atoms with Crippen molar-refractivity contribution in [3.8, 4) is 0 Å². The molecule has 1 aliphatic rings. The SMILES string of the molecule is C=CCCCNc1ccc(SN2CCN(c3cc(C(F)(F)c4ccc(C(=C)NCCC)cc4)cc(Cl)n3)CC2)cc1.CC. The van der Waals surface area contributed by atoms with Crippen molar-refractivity contribution in [1.29, 1.82) is 0 Å². The van der Waals surface area contributed by atoms with Gasteiger partial charge in [0.2, 0.25) is 0 Å². The van der Waals surface area contributed by atoms with Crippen molar-refractivity contribution in [1.82, 2.24) is 14.6 Å². The van der Waals surface area contributed by atoms with E-state index in [0.29, 0.717) is 18.9 Å². The molecule has 1 aliphatic heterocycles. The van der Waals surface area contributed by atoms with Gasteiger partial charge in [0.25, 0.3) is 5.92 Å². The number of rotatable bonds is 14. The number of nitrogens with one attached hydrogen (secondary N) is 2. The normalized spacial score (nSPS) is 13.6. The Labute approximate surface area is 265 Å². The molecular formula is C34H44ClF2N5S. The standard InChI is InChI=1S/C32H38ClF2N5S.C2H6/c1-4-6-7-17-37-28-12-14-29(15-13-28)41-40-20-18-39(19-21-40)31-23-27(22-30(33)38-31)32(34,35)26-10-8-25(9-11-26)24(3)36-16-5-2;1-2/h4,8-15,22-23,36-37H,1,3,5-7,16-21H2,2H3;1-2H3. The second kappa shape index (κ2) is 17.3. The van der Waals surface area contributed by atoms with E-state index >= 15 is 8.78 Å². The van der Waals surface area contributed by atoms with Crippen LogP contribution in [0.5, 0.6) is 0 Å². The summed E-state index contributed by atoms with van der Waals surface area (Å²) in [5, 5.41) is 6.68. The lowest BCUT2D eigenvalue weighted by molar-refractivity contribution is 0.0428. The average Bonchev–Trinajstić information content (AvgIpc) is 3.04. The van der Waals surface area contributed by atoms with Crippen molar-refractivity contribution in [3.63, 3.8) is 0 Å². The van der Waals surface area contributed by atoms with E-state index in [0.717, 1.165) is 67.3 Å². The lowest BCUT2D eigenvalue weighted by Gasteiger charge is -2.35. The quantitative estimate of drug-likeness (QED) is 0.0804. The maximum Gasteiger partial charge on any atom is 0.298 e. The summed E-state index contributed by atoms with van der Waals surface area (Å²) in [4.78, 5) is 7.57. The molecule has 43 heavy (non-hydrogen) atoms. The highest BCUT2D eigenvalue weighted by Gasteiger charge is 2.35. The molecule has 0 amide bonds. The number of unbranched alkanes of at least 4 members (excludes halogenated alkanes) is 1. The summed E-state index contributed by atoms with van der Waals surface area (Å²) in [7, 11) is 0. The maximum absolute atomic E-state index is 15.6. The average molecular weight is 628 g/mol. The second-order valence-electron chi connectivity index (χ2n) is 9.98. The van der Waals surface area contributed by atoms with Crippen LogP contribution in [0.2, 0.25) is 5.15 Å². The number of hydrogen-bond donors (Lipinski definition) is 2. The number of anilines is 2. The number of aromatic nitrogens is 1. The van der Waals surface area contributed by atoms with Gasteiger partial charge in [0.05, 0.1) is 0 Å². The molecule has 0 spiro atoms. The van der Waals surface area contributed by atoms with Crippen molar-refractivity contribution in [2.75, 3.05) is 49.5 Å². The largest absolute Gasteiger partial charge is 0.385 e. The summed E-state index contributed by atoms with van der Waals surface area (Å²) < 4.78 is 33.5. The molecule has 2 N–H and O–H groups in total. The molecule has 0 saturated carbocycles. The van der Waals surface area contributed by atoms with Crippen LogP contribution in [-0.2, 0) is 5.92 Å². The lowest BCUT2D eigenvalue weighted by atomic mass is 9.99. The second-order valence-corrected chi connectivity index (χ2v) is 11.5. The van der Waals surface area contributed by atoms with Gasteiger partial charge in [-0.15, -0.1) is 6.58 Å². The molecule has 0 bridgehead atoms. The van der Waals surface area contributed by atoms with Gasteiger partial charge in [0.1, 0.15) is 11.0 Å². The van der Waals surface area contributed by atoms with E-state index in [9.17, 15) is 0 Å². The van der Waals surface area contributed by atoms with E-state index < -0.39 is 5.92 Å². The van der Waals surface area contributed by atoms with Gasteiger partial charge >= 0.3 is 0 Å². The summed E-state index contributed by atoms with van der Waals surface area (Å²) >= 11 is 7.97. The van der Waals surface area contributed by atoms with Crippen LogP contribution in [0.25, 0.3) is 5.70 Å². The van der Waals surface area contributed by atoms with Crippen molar-refractivity contribution >= 4 is 40.8 Å². The molecule has 0 atom stereocenters. The molecule has 0 unspecified atom stereocenters. The van der Waals surface area contributed by atoms with Crippen molar-refractivity contribution < 1.29 is 8.78 Å². The van der Waals surface area contributed by atoms with E-state index in [4.69, 9.17) is 11.6 Å². The molecule has 1 saturated heterocycles. The summed E-state index contributed by atoms with van der Waals surface area (Å²) in [6, 6.07) is 17.4. The van der Waals surface area contributed by atoms with Crippen LogP contribution >= 0.6 is 23.5 Å². The molecule has 4 rings (SSSR count). The third-order valence-corrected chi connectivity index (χ3v) is 8.19. The zero-order valence-electron chi connectivity index (χ0n) is 25.5. The number of alkyl halides is 2. The predicted molar refractivity (Wildman–Crippen MR) is 181 cm³/mol. The minimum Gasteiger partial charge on any atom is -0.385 e. The predicted octanol–water partition coefficient (Wildman–Crippen LogP) is 9.08. The van der Waals surface area contributed by atoms with Crippen molar-refractivity contribution in [2.45, 2.75) is 50.9 Å². The third-order valence-electron chi connectivity index (χ3n) is 6.89. The van der Waals surface area contributed by atoms with Crippen LogP contribution in [0.4, 0.5) is 20.3 Å². The summed E-state index contributed by atoms with van der Waals surface area (Å²) in [6.45, 7) is 18.4. The smallest absolute Gasteiger partial charge is 0.298 e. The fraction of sp³-hybridized carbons (Fsp3) is 0.382. The number of benzene rings is 2. The van der Waals surface area contributed by atoms with Gasteiger partial charge in [-0.05, 0) is 73.2 Å². The number of hydrogen-bond acceptors (Lipinski definition) is 6. The monoisotopic (exact) mass is 627 g/mol. The van der Waals surface area contributed by atoms with Crippen LogP contribution in [0.1, 0.15) is 56.7 Å². The van der Waals surface area contributed by atoms with Crippen molar-refractivity contribution in [3.05, 3.63) is 102 Å². The van der Waals surface area contributed by atoms with Gasteiger partial charge in [0, 0.05) is 66.7 Å². The van der Waals surface area contributed by atoms with Crippen LogP contribution in [0.15, 0.2) is 84.8 Å². The topological polar surface area (TPSA) is 43.4 Å². The van der Waals surface area contributed by atoms with Crippen LogP contribution in [0.3, 0.4) is 0 Å². The number of allylic oxidation sites excluding steroid dienone is 1. The number of nitrogens with zero attached hydrogens (tertiary/aromatic N) is 3. The Morgan fingerprint density at radius 2 is 1.67 bits per heavy atom. The first-order valence-electron chi connectivity index (χ1n) is 15.0. The molecule has 232 valence electrons. The third kappa shape index (κ3) is 9.98. The maximum atomic E-state index is 15.6. The molecule has 2 aromatic carbocycles. The van der Waals surface area contributed by atoms with Gasteiger partial charge in [0.15, 0.2) is 0 Å². The zero-order valence-corrected chi connectivity index (χ0v) is 27.1. The first-order chi connectivity index (χ1) is 20.8. The Morgan fingerprint density at radius 3 is 2.30 bits per heavy atom. The Balaban J connectivity index is 0.00000248. The van der Waals surface area contributed by atoms with Gasteiger partial charge in [-0.25, -0.2) is 9.29 Å². The number of halogens is 3. The molecule has 1 fully saturated rings. The molecule has 0 radical (unpaired) electrons. The first-order valence-corrected chi connectivity index (χ1v) is 16.2. The Hall–Kier alpha value is -3.07. The van der Waals surface area contributed by atoms with Gasteiger partial charge in [-0.1, -0.05) is 69.3 Å². The van der Waals surface area contributed by atoms with E-state index in [1.807, 2.05) is 24.8 Å². The van der Waals surface area contributed by atoms with Crippen molar-refractivity contribution in [2.24, 2.45) is 0 Å². The summed E-state index contributed by atoms with van der Waals surface area (Å²) in [5.41, 5.74) is 2.34. The van der Waals surface area contributed by atoms with Gasteiger partial charge in [-0.2, -0.15) is 8.78 Å². The zero-order chi connectivity index (χ0) is 31.2. The van der Waals surface area contributed by atoms with Gasteiger partial charge < -0.3 is 15.5 Å². The highest BCUT2D eigenvalue weighted by molar-refractivity contribution is 7.97. The molecule has 1 aromatic heterocycles. The van der Waals surface area contributed by atoms with Gasteiger partial charge in [-0.3, -0.25) is 0 Å². The fourth-order valence-corrected chi connectivity index (χ4v) is 5.63. The number of pyridine rings is 1. The lowest BCUT2D eigenvalue weighted by Crippen LogP contribution is -2.43. The minimum absolute atomic E-state index is 0.0564. The van der Waals surface area contributed by atoms with Crippen LogP contribution in [-0.4, -0.2) is 48.6 Å². The van der Waals surface area contributed by atoms with E-state index in [1.54, 1.807) is 24.1 Å². The molecule has 0 aliphatic carbocycles. The Morgan fingerprint density at radius 1 is 1.00 bits per heavy atom. The molecule has 9 heteroatoms. The van der Waals surface area contributed by atoms with Crippen LogP contribution < -0.4 is 15.5 Å². The highest BCUT2D eigenvalue weighted by atomic mass is 35.5. The van der Waals surface area contributed by atoms with E-state index in [1.165, 1.54) is 24.3 Å². The summed E-state index contributed by atoms with van der Waals surface area (Å²) in [5.74, 6) is -2.75. The Kier molecular flexibility index (Phi) is 13.8. The van der Waals surface area contributed by atoms with E-state index in [2.05, 4.69) is 64.3 Å². The molecular weight excluding hydrogens is 584 g/mol. The molecule has 2 heterocycles. The fourth-order valence-electron chi connectivity index (χ4n) is 4.52. The Bertz CT molecular complexity index is 1290. The summed E-state index contributed by atoms with van der Waals surface area (Å²) in [6.07, 6.45) is 4.95. The first kappa shape index (κ1) is 34.4.